The number of carbonyl (C=O) groups is 2. The maximum Gasteiger partial charge on any atom is 0.334 e. The molecule has 6 unspecified atom stereocenters. The fourth-order valence-electron chi connectivity index (χ4n) is 10.4. The summed E-state index contributed by atoms with van der Waals surface area (Å²) in [5.74, 6) is 6.06. The van der Waals surface area contributed by atoms with E-state index in [4.69, 9.17) is 18.9 Å². The van der Waals surface area contributed by atoms with Gasteiger partial charge < -0.3 is 18.9 Å². The summed E-state index contributed by atoms with van der Waals surface area (Å²) in [5, 5.41) is 2.41. The Hall–Kier alpha value is -3.02. The fourth-order valence-corrected chi connectivity index (χ4v) is 10.4. The van der Waals surface area contributed by atoms with Crippen LogP contribution in [0.5, 0.6) is 11.5 Å². The Kier molecular flexibility index (Phi) is 4.01. The van der Waals surface area contributed by atoms with Gasteiger partial charge in [0.15, 0.2) is 11.5 Å². The molecular weight excluding hydrogens is 456 g/mol. The predicted octanol–water partition coefficient (Wildman–Crippen LogP) is 4.46. The van der Waals surface area contributed by atoms with Crippen LogP contribution < -0.4 is 9.47 Å². The van der Waals surface area contributed by atoms with Crippen molar-refractivity contribution in [2.75, 3.05) is 28.4 Å². The van der Waals surface area contributed by atoms with Crippen molar-refractivity contribution in [2.45, 2.75) is 24.7 Å². The average Bonchev–Trinajstić information content (AvgIpc) is 3.55. The molecule has 0 aliphatic heterocycles. The SMILES string of the molecule is COC(=O)C1=C(C(=O)OC)C2C1[C@H]1C[C@@H]2C2C1C1C2[C@H]2C[C@@H]1c1cc3cc(OC)c(OC)cc3cc12. The van der Waals surface area contributed by atoms with Crippen LogP contribution in [-0.4, -0.2) is 40.4 Å². The highest BCUT2D eigenvalue weighted by Crippen LogP contribution is 2.82. The van der Waals surface area contributed by atoms with Crippen LogP contribution in [0.3, 0.4) is 0 Å². The monoisotopic (exact) mass is 486 g/mol. The van der Waals surface area contributed by atoms with Crippen molar-refractivity contribution in [3.8, 4) is 11.5 Å². The molecule has 4 saturated carbocycles. The number of hydrogen-bond acceptors (Lipinski definition) is 6. The van der Waals surface area contributed by atoms with Crippen molar-refractivity contribution in [1.82, 2.24) is 0 Å². The van der Waals surface area contributed by atoms with Gasteiger partial charge in [0.05, 0.1) is 39.6 Å². The Balaban J connectivity index is 1.18. The maximum absolute atomic E-state index is 12.7. The Morgan fingerprint density at radius 3 is 1.47 bits per heavy atom. The van der Waals surface area contributed by atoms with E-state index in [2.05, 4.69) is 24.3 Å². The molecule has 4 bridgehead atoms. The fraction of sp³-hybridized carbons (Fsp3) is 0.533. The van der Waals surface area contributed by atoms with Gasteiger partial charge in [0.25, 0.3) is 0 Å². The van der Waals surface area contributed by atoms with Gasteiger partial charge in [-0.3, -0.25) is 0 Å². The summed E-state index contributed by atoms with van der Waals surface area (Å²) in [5.41, 5.74) is 4.26. The van der Waals surface area contributed by atoms with Gasteiger partial charge in [0.2, 0.25) is 0 Å². The standard InChI is InChI=1S/C30H30O6/c1-33-19-7-11-5-13-14(6-12(11)8-20(19)34-2)16-9-15(13)21-22(16)24-18-10-17(23(21)24)25-26(18)28(30(32)36-4)27(25)29(31)35-3/h5-8,15-18,21-26H,9-10H2,1-4H3/t15-,16+,17+,18-,21?,22?,23?,24?,25?,26?. The first-order valence-electron chi connectivity index (χ1n) is 13.1. The lowest BCUT2D eigenvalue weighted by atomic mass is 9.42. The summed E-state index contributed by atoms with van der Waals surface area (Å²) in [6, 6.07) is 8.99. The molecule has 0 N–H and O–H groups in total. The van der Waals surface area contributed by atoms with Crippen LogP contribution in [0.1, 0.15) is 35.8 Å². The van der Waals surface area contributed by atoms with E-state index in [0.717, 1.165) is 17.9 Å². The Morgan fingerprint density at radius 1 is 0.639 bits per heavy atom. The van der Waals surface area contributed by atoms with Crippen LogP contribution in [0.4, 0.5) is 0 Å². The van der Waals surface area contributed by atoms with Crippen LogP contribution in [0.25, 0.3) is 10.8 Å². The molecule has 2 aromatic carbocycles. The van der Waals surface area contributed by atoms with Crippen LogP contribution in [0.15, 0.2) is 35.4 Å². The van der Waals surface area contributed by atoms with Gasteiger partial charge in [0.1, 0.15) is 0 Å². The van der Waals surface area contributed by atoms with Gasteiger partial charge in [0, 0.05) is 11.8 Å². The van der Waals surface area contributed by atoms with E-state index in [9.17, 15) is 9.59 Å². The minimum atomic E-state index is -0.342. The Labute approximate surface area is 209 Å². The first kappa shape index (κ1) is 21.1. The highest BCUT2D eigenvalue weighted by Gasteiger charge is 2.77. The van der Waals surface area contributed by atoms with E-state index >= 15 is 0 Å². The summed E-state index contributed by atoms with van der Waals surface area (Å²) >= 11 is 0. The molecule has 2 aromatic rings. The second kappa shape index (κ2) is 6.84. The average molecular weight is 487 g/mol. The third-order valence-corrected chi connectivity index (χ3v) is 11.2. The molecule has 6 nitrogen and oxygen atoms in total. The van der Waals surface area contributed by atoms with E-state index in [1.165, 1.54) is 42.5 Å². The molecule has 0 radical (unpaired) electrons. The number of rotatable bonds is 4. The number of esters is 2. The number of methoxy groups -OCH3 is 4. The van der Waals surface area contributed by atoms with E-state index in [0.29, 0.717) is 58.5 Å². The zero-order valence-corrected chi connectivity index (χ0v) is 20.9. The van der Waals surface area contributed by atoms with Crippen molar-refractivity contribution in [3.05, 3.63) is 46.5 Å². The molecule has 186 valence electrons. The molecule has 8 rings (SSSR count). The van der Waals surface area contributed by atoms with Gasteiger partial charge >= 0.3 is 11.9 Å². The van der Waals surface area contributed by atoms with E-state index in [1.54, 1.807) is 14.2 Å². The smallest absolute Gasteiger partial charge is 0.334 e. The number of benzene rings is 2. The Morgan fingerprint density at radius 2 is 1.08 bits per heavy atom. The minimum absolute atomic E-state index is 0.172. The number of hydrogen-bond donors (Lipinski definition) is 0. The van der Waals surface area contributed by atoms with Crippen molar-refractivity contribution in [2.24, 2.45) is 47.3 Å². The van der Waals surface area contributed by atoms with Gasteiger partial charge in [-0.2, -0.15) is 0 Å². The molecule has 6 aliphatic carbocycles. The number of carbonyl (C=O) groups excluding carboxylic acids is 2. The second-order valence-corrected chi connectivity index (χ2v) is 11.7. The van der Waals surface area contributed by atoms with Crippen molar-refractivity contribution in [3.63, 3.8) is 0 Å². The van der Waals surface area contributed by atoms with Crippen LogP contribution >= 0.6 is 0 Å². The molecule has 6 heteroatoms. The van der Waals surface area contributed by atoms with E-state index in [-0.39, 0.29) is 23.8 Å². The highest BCUT2D eigenvalue weighted by atomic mass is 16.5. The molecule has 4 fully saturated rings. The molecule has 0 heterocycles. The molecule has 36 heavy (non-hydrogen) atoms. The zero-order valence-electron chi connectivity index (χ0n) is 20.9. The largest absolute Gasteiger partial charge is 0.493 e. The number of fused-ring (bicyclic) bond motifs is 19. The first-order chi connectivity index (χ1) is 17.5. The van der Waals surface area contributed by atoms with Gasteiger partial charge in [-0.05, 0) is 94.2 Å². The normalized spacial score (nSPS) is 39.6. The predicted molar refractivity (Wildman–Crippen MR) is 131 cm³/mol. The molecule has 6 aliphatic rings. The van der Waals surface area contributed by atoms with Crippen molar-refractivity contribution in [1.29, 1.82) is 0 Å². The lowest BCUT2D eigenvalue weighted by molar-refractivity contribution is -0.147. The minimum Gasteiger partial charge on any atom is -0.493 e. The molecule has 0 aromatic heterocycles. The lowest BCUT2D eigenvalue weighted by Gasteiger charge is -2.62. The zero-order chi connectivity index (χ0) is 24.6. The highest BCUT2D eigenvalue weighted by molar-refractivity contribution is 6.04. The van der Waals surface area contributed by atoms with E-state index in [1.807, 2.05) is 0 Å². The van der Waals surface area contributed by atoms with Crippen LogP contribution in [0, 0.1) is 47.3 Å². The quantitative estimate of drug-likeness (QED) is 0.361. The summed E-state index contributed by atoms with van der Waals surface area (Å²) in [4.78, 5) is 25.4. The number of ether oxygens (including phenoxy) is 4. The van der Waals surface area contributed by atoms with E-state index < -0.39 is 0 Å². The van der Waals surface area contributed by atoms with Gasteiger partial charge in [-0.25, -0.2) is 9.59 Å². The summed E-state index contributed by atoms with van der Waals surface area (Å²) in [7, 11) is 6.19. The van der Waals surface area contributed by atoms with Crippen molar-refractivity contribution < 1.29 is 28.5 Å². The second-order valence-electron chi connectivity index (χ2n) is 11.7. The third-order valence-electron chi connectivity index (χ3n) is 11.2. The van der Waals surface area contributed by atoms with Crippen LogP contribution in [-0.2, 0) is 19.1 Å². The molecule has 0 spiro atoms. The topological polar surface area (TPSA) is 71.1 Å². The molecule has 10 atom stereocenters. The Bertz CT molecular complexity index is 1300. The van der Waals surface area contributed by atoms with Gasteiger partial charge in [-0.1, -0.05) is 12.1 Å². The summed E-state index contributed by atoms with van der Waals surface area (Å²) < 4.78 is 21.4. The summed E-state index contributed by atoms with van der Waals surface area (Å²) in [6.07, 6.45) is 2.36. The molecule has 0 saturated heterocycles. The summed E-state index contributed by atoms with van der Waals surface area (Å²) in [6.45, 7) is 0. The molecule has 0 amide bonds. The first-order valence-corrected chi connectivity index (χ1v) is 13.1. The van der Waals surface area contributed by atoms with Gasteiger partial charge in [-0.15, -0.1) is 0 Å². The van der Waals surface area contributed by atoms with Crippen LogP contribution in [0.2, 0.25) is 0 Å². The lowest BCUT2D eigenvalue weighted by Crippen LogP contribution is -2.59. The third kappa shape index (κ3) is 2.18. The van der Waals surface area contributed by atoms with Crippen molar-refractivity contribution >= 4 is 22.7 Å². The maximum atomic E-state index is 12.7. The molecular formula is C30H30O6.